The average Bonchev–Trinajstić information content (AvgIpc) is 2.81. The summed E-state index contributed by atoms with van der Waals surface area (Å²) in [4.78, 5) is 3.85. The van der Waals surface area contributed by atoms with E-state index in [0.29, 0.717) is 5.92 Å². The highest BCUT2D eigenvalue weighted by Crippen LogP contribution is 2.33. The minimum absolute atomic E-state index is 0.0915. The van der Waals surface area contributed by atoms with Crippen molar-refractivity contribution in [3.8, 4) is 0 Å². The quantitative estimate of drug-likeness (QED) is 0.794. The van der Waals surface area contributed by atoms with Crippen LogP contribution < -0.4 is 0 Å². The lowest BCUT2D eigenvalue weighted by Crippen LogP contribution is -2.30. The van der Waals surface area contributed by atoms with Gasteiger partial charge >= 0.3 is 0 Å². The van der Waals surface area contributed by atoms with Gasteiger partial charge in [-0.15, -0.1) is 11.8 Å². The molecule has 0 bridgehead atoms. The molecule has 17 heavy (non-hydrogen) atoms. The highest BCUT2D eigenvalue weighted by Gasteiger charge is 2.23. The Hall–Kier alpha value is -0.540. The summed E-state index contributed by atoms with van der Waals surface area (Å²) < 4.78 is 13.2. The first-order valence-corrected chi connectivity index (χ1v) is 7.43. The standard InChI is InChI=1S/C14H18FNS/c15-13-3-4-14-12(8-13)7-11(10-17-14)9-16-5-1-2-6-16/h3-4,8,11H,1-2,5-7,9-10H2. The number of likely N-dealkylation sites (tertiary alicyclic amines) is 1. The zero-order valence-corrected chi connectivity index (χ0v) is 10.8. The maximum absolute atomic E-state index is 13.2. The molecular weight excluding hydrogens is 233 g/mol. The molecule has 3 rings (SSSR count). The van der Waals surface area contributed by atoms with Gasteiger partial charge < -0.3 is 4.90 Å². The van der Waals surface area contributed by atoms with E-state index in [1.54, 1.807) is 12.1 Å². The Morgan fingerprint density at radius 2 is 2.12 bits per heavy atom. The van der Waals surface area contributed by atoms with Gasteiger partial charge in [-0.3, -0.25) is 0 Å². The van der Waals surface area contributed by atoms with E-state index in [2.05, 4.69) is 4.90 Å². The van der Waals surface area contributed by atoms with E-state index in [1.807, 2.05) is 17.8 Å². The van der Waals surface area contributed by atoms with Crippen molar-refractivity contribution < 1.29 is 4.39 Å². The van der Waals surface area contributed by atoms with Crippen LogP contribution in [0.4, 0.5) is 4.39 Å². The molecular formula is C14H18FNS. The van der Waals surface area contributed by atoms with Gasteiger partial charge in [0.2, 0.25) is 0 Å². The number of thioether (sulfide) groups is 1. The largest absolute Gasteiger partial charge is 0.303 e. The first-order chi connectivity index (χ1) is 8.31. The van der Waals surface area contributed by atoms with Crippen LogP contribution in [0.25, 0.3) is 0 Å². The highest BCUT2D eigenvalue weighted by molar-refractivity contribution is 7.99. The normalized spacial score (nSPS) is 24.9. The number of benzene rings is 1. The minimum atomic E-state index is -0.0915. The van der Waals surface area contributed by atoms with Gasteiger partial charge in [-0.2, -0.15) is 0 Å². The Labute approximate surface area is 106 Å². The predicted molar refractivity (Wildman–Crippen MR) is 70.0 cm³/mol. The summed E-state index contributed by atoms with van der Waals surface area (Å²) in [6.45, 7) is 3.72. The van der Waals surface area contributed by atoms with Crippen molar-refractivity contribution in [2.24, 2.45) is 5.92 Å². The highest BCUT2D eigenvalue weighted by atomic mass is 32.2. The van der Waals surface area contributed by atoms with E-state index in [-0.39, 0.29) is 5.82 Å². The van der Waals surface area contributed by atoms with Crippen molar-refractivity contribution in [1.29, 1.82) is 0 Å². The fourth-order valence-corrected chi connectivity index (χ4v) is 4.00. The summed E-state index contributed by atoms with van der Waals surface area (Å²) in [5.41, 5.74) is 1.21. The molecule has 1 fully saturated rings. The number of rotatable bonds is 2. The molecule has 92 valence electrons. The second-order valence-electron chi connectivity index (χ2n) is 5.14. The average molecular weight is 251 g/mol. The fraction of sp³-hybridized carbons (Fsp3) is 0.571. The second-order valence-corrected chi connectivity index (χ2v) is 6.20. The van der Waals surface area contributed by atoms with E-state index >= 15 is 0 Å². The van der Waals surface area contributed by atoms with Crippen molar-refractivity contribution in [2.45, 2.75) is 24.2 Å². The number of hydrogen-bond acceptors (Lipinski definition) is 2. The molecule has 1 atom stereocenters. The second kappa shape index (κ2) is 4.99. The molecule has 0 aliphatic carbocycles. The molecule has 1 saturated heterocycles. The third-order valence-electron chi connectivity index (χ3n) is 3.72. The maximum atomic E-state index is 13.2. The molecule has 1 aromatic carbocycles. The van der Waals surface area contributed by atoms with Crippen LogP contribution in [-0.4, -0.2) is 30.3 Å². The van der Waals surface area contributed by atoms with Crippen LogP contribution in [0.5, 0.6) is 0 Å². The van der Waals surface area contributed by atoms with Gasteiger partial charge in [0.15, 0.2) is 0 Å². The topological polar surface area (TPSA) is 3.24 Å². The summed E-state index contributed by atoms with van der Waals surface area (Å²) >= 11 is 1.90. The lowest BCUT2D eigenvalue weighted by atomic mass is 9.99. The Morgan fingerprint density at radius 1 is 1.29 bits per heavy atom. The maximum Gasteiger partial charge on any atom is 0.123 e. The van der Waals surface area contributed by atoms with E-state index < -0.39 is 0 Å². The SMILES string of the molecule is Fc1ccc2c(c1)CC(CN1CCCC1)CS2. The van der Waals surface area contributed by atoms with Crippen LogP contribution in [0, 0.1) is 11.7 Å². The van der Waals surface area contributed by atoms with Gasteiger partial charge in [0.05, 0.1) is 0 Å². The Kier molecular flexibility index (Phi) is 3.39. The zero-order valence-electron chi connectivity index (χ0n) is 9.99. The zero-order chi connectivity index (χ0) is 11.7. The monoisotopic (exact) mass is 251 g/mol. The third-order valence-corrected chi connectivity index (χ3v) is 5.07. The number of nitrogens with zero attached hydrogens (tertiary/aromatic N) is 1. The van der Waals surface area contributed by atoms with Gasteiger partial charge in [-0.25, -0.2) is 4.39 Å². The number of halogens is 1. The molecule has 0 radical (unpaired) electrons. The van der Waals surface area contributed by atoms with Crippen LogP contribution in [0.2, 0.25) is 0 Å². The molecule has 0 amide bonds. The number of fused-ring (bicyclic) bond motifs is 1. The van der Waals surface area contributed by atoms with Crippen molar-refractivity contribution in [3.63, 3.8) is 0 Å². The molecule has 0 aromatic heterocycles. The van der Waals surface area contributed by atoms with Gasteiger partial charge in [-0.1, -0.05) is 0 Å². The predicted octanol–water partition coefficient (Wildman–Crippen LogP) is 3.19. The van der Waals surface area contributed by atoms with Gasteiger partial charge in [-0.05, 0) is 62.0 Å². The van der Waals surface area contributed by atoms with Gasteiger partial charge in [0, 0.05) is 17.2 Å². The van der Waals surface area contributed by atoms with Gasteiger partial charge in [0.1, 0.15) is 5.82 Å². The van der Waals surface area contributed by atoms with E-state index in [1.165, 1.54) is 48.7 Å². The molecule has 1 unspecified atom stereocenters. The molecule has 1 aromatic rings. The molecule has 0 saturated carbocycles. The molecule has 2 aliphatic heterocycles. The van der Waals surface area contributed by atoms with E-state index in [9.17, 15) is 4.39 Å². The smallest absolute Gasteiger partial charge is 0.123 e. The van der Waals surface area contributed by atoms with Crippen LogP contribution in [0.15, 0.2) is 23.1 Å². The lowest BCUT2D eigenvalue weighted by molar-refractivity contribution is 0.288. The lowest BCUT2D eigenvalue weighted by Gasteiger charge is -2.27. The van der Waals surface area contributed by atoms with Crippen LogP contribution in [0.1, 0.15) is 18.4 Å². The first kappa shape index (κ1) is 11.5. The molecule has 0 N–H and O–H groups in total. The Bertz CT molecular complexity index is 401. The fourth-order valence-electron chi connectivity index (χ4n) is 2.87. The Balaban J connectivity index is 1.67. The minimum Gasteiger partial charge on any atom is -0.303 e. The number of hydrogen-bond donors (Lipinski definition) is 0. The summed E-state index contributed by atoms with van der Waals surface area (Å²) in [5, 5.41) is 0. The Morgan fingerprint density at radius 3 is 2.94 bits per heavy atom. The van der Waals surface area contributed by atoms with Crippen molar-refractivity contribution in [1.82, 2.24) is 4.90 Å². The van der Waals surface area contributed by atoms with Crippen LogP contribution >= 0.6 is 11.8 Å². The molecule has 0 spiro atoms. The van der Waals surface area contributed by atoms with Gasteiger partial charge in [0.25, 0.3) is 0 Å². The molecule has 2 aliphatic rings. The summed E-state index contributed by atoms with van der Waals surface area (Å²) in [7, 11) is 0. The molecule has 1 nitrogen and oxygen atoms in total. The summed E-state index contributed by atoms with van der Waals surface area (Å²) in [6, 6.07) is 5.23. The van der Waals surface area contributed by atoms with Crippen molar-refractivity contribution in [3.05, 3.63) is 29.6 Å². The summed E-state index contributed by atoms with van der Waals surface area (Å²) in [6.07, 6.45) is 3.76. The van der Waals surface area contributed by atoms with Crippen molar-refractivity contribution in [2.75, 3.05) is 25.4 Å². The van der Waals surface area contributed by atoms with E-state index in [4.69, 9.17) is 0 Å². The summed E-state index contributed by atoms with van der Waals surface area (Å²) in [5.74, 6) is 1.80. The van der Waals surface area contributed by atoms with Crippen molar-refractivity contribution >= 4 is 11.8 Å². The first-order valence-electron chi connectivity index (χ1n) is 6.45. The van der Waals surface area contributed by atoms with E-state index in [0.717, 1.165) is 6.42 Å². The molecule has 3 heteroatoms. The van der Waals surface area contributed by atoms with Crippen LogP contribution in [0.3, 0.4) is 0 Å². The van der Waals surface area contributed by atoms with Crippen LogP contribution in [-0.2, 0) is 6.42 Å². The third kappa shape index (κ3) is 2.66. The molecule has 2 heterocycles.